The van der Waals surface area contributed by atoms with E-state index in [2.05, 4.69) is 14.4 Å². The van der Waals surface area contributed by atoms with Crippen molar-refractivity contribution >= 4 is 21.7 Å². The van der Waals surface area contributed by atoms with Crippen molar-refractivity contribution in [1.82, 2.24) is 0 Å². The van der Waals surface area contributed by atoms with Crippen LogP contribution in [-0.4, -0.2) is 27.2 Å². The van der Waals surface area contributed by atoms with Gasteiger partial charge in [-0.15, -0.1) is 5.11 Å². The van der Waals surface area contributed by atoms with Crippen molar-refractivity contribution in [1.29, 1.82) is 0 Å². The molecule has 20 heavy (non-hydrogen) atoms. The van der Waals surface area contributed by atoms with E-state index in [1.807, 2.05) is 6.07 Å². The van der Waals surface area contributed by atoms with Crippen molar-refractivity contribution in [2.24, 2.45) is 9.63 Å². The largest absolute Gasteiger partial charge is 0.469 e. The lowest BCUT2D eigenvalue weighted by Gasteiger charge is -1.99. The molecule has 110 valence electrons. The van der Waals surface area contributed by atoms with E-state index >= 15 is 0 Å². The summed E-state index contributed by atoms with van der Waals surface area (Å²) in [5.41, 5.74) is 0.502. The quantitative estimate of drug-likeness (QED) is 0.419. The maximum Gasteiger partial charge on any atom is 0.305 e. The van der Waals surface area contributed by atoms with Crippen LogP contribution in [0.25, 0.3) is 0 Å². The first kappa shape index (κ1) is 16.3. The second-order valence-corrected chi connectivity index (χ2v) is 5.93. The molecule has 0 atom stereocenters. The first-order valence-electron chi connectivity index (χ1n) is 6.31. The minimum Gasteiger partial charge on any atom is -0.469 e. The minimum absolute atomic E-state index is 0.0650. The fourth-order valence-corrected chi connectivity index (χ4v) is 2.35. The number of sulfonamides is 1. The summed E-state index contributed by atoms with van der Waals surface area (Å²) in [7, 11) is -2.21. The summed E-state index contributed by atoms with van der Waals surface area (Å²) < 4.78 is 31.1. The van der Waals surface area contributed by atoms with Crippen molar-refractivity contribution in [3.8, 4) is 0 Å². The lowest BCUT2D eigenvalue weighted by atomic mass is 10.2. The van der Waals surface area contributed by atoms with Gasteiger partial charge in [-0.05, 0) is 25.0 Å². The van der Waals surface area contributed by atoms with Crippen molar-refractivity contribution < 1.29 is 17.9 Å². The molecule has 0 bridgehead atoms. The van der Waals surface area contributed by atoms with Gasteiger partial charge in [0.15, 0.2) is 0 Å². The third kappa shape index (κ3) is 6.98. The number of nitrogens with zero attached hydrogens (tertiary/aromatic N) is 2. The minimum atomic E-state index is -3.54. The molecule has 0 aliphatic heterocycles. The number of methoxy groups -OCH3 is 1. The molecule has 1 aromatic rings. The second-order valence-electron chi connectivity index (χ2n) is 4.19. The summed E-state index contributed by atoms with van der Waals surface area (Å²) in [6.45, 7) is 0. The van der Waals surface area contributed by atoms with Crippen molar-refractivity contribution in [3.05, 3.63) is 30.3 Å². The van der Waals surface area contributed by atoms with Crippen molar-refractivity contribution in [2.75, 3.05) is 12.9 Å². The molecule has 0 aliphatic carbocycles. The monoisotopic (exact) mass is 298 g/mol. The molecular weight excluding hydrogens is 280 g/mol. The standard InChI is InChI=1S/C13H18N2O4S/c1-19-13(16)10-6-3-7-11-20(17,18)15-14-12-8-4-2-5-9-12/h2,4-5,8-9H,3,6-7,10-11H2,1H3. The normalized spacial score (nSPS) is 11.7. The second kappa shape index (κ2) is 8.42. The molecule has 0 unspecified atom stereocenters. The zero-order valence-electron chi connectivity index (χ0n) is 11.4. The number of hydrogen-bond donors (Lipinski definition) is 0. The Morgan fingerprint density at radius 3 is 2.50 bits per heavy atom. The van der Waals surface area contributed by atoms with Crippen LogP contribution in [0, 0.1) is 0 Å². The van der Waals surface area contributed by atoms with Gasteiger partial charge in [0.1, 0.15) is 0 Å². The Hall–Kier alpha value is -1.76. The van der Waals surface area contributed by atoms with Gasteiger partial charge < -0.3 is 4.74 Å². The Balaban J connectivity index is 2.32. The summed E-state index contributed by atoms with van der Waals surface area (Å²) in [5, 5.41) is 3.68. The van der Waals surface area contributed by atoms with Crippen LogP contribution in [0.2, 0.25) is 0 Å². The number of unbranched alkanes of at least 4 members (excludes halogenated alkanes) is 2. The first-order valence-corrected chi connectivity index (χ1v) is 7.92. The average Bonchev–Trinajstić information content (AvgIpc) is 2.45. The Morgan fingerprint density at radius 1 is 1.15 bits per heavy atom. The Labute approximate surface area is 118 Å². The molecule has 0 aliphatic rings. The van der Waals surface area contributed by atoms with Gasteiger partial charge in [0.05, 0.1) is 18.6 Å². The highest BCUT2D eigenvalue weighted by Gasteiger charge is 2.08. The maximum absolute atomic E-state index is 11.6. The third-order valence-corrected chi connectivity index (χ3v) is 3.68. The summed E-state index contributed by atoms with van der Waals surface area (Å²) >= 11 is 0. The number of carbonyl (C=O) groups is 1. The number of rotatable bonds is 8. The first-order chi connectivity index (χ1) is 9.53. The predicted octanol–water partition coefficient (Wildman–Crippen LogP) is 2.83. The number of ether oxygens (including phenoxy) is 1. The topological polar surface area (TPSA) is 85.2 Å². The molecule has 0 aromatic heterocycles. The molecule has 0 amide bonds. The molecule has 0 fully saturated rings. The van der Waals surface area contributed by atoms with Crippen LogP contribution in [0.3, 0.4) is 0 Å². The van der Waals surface area contributed by atoms with Crippen LogP contribution in [0.5, 0.6) is 0 Å². The zero-order valence-corrected chi connectivity index (χ0v) is 12.2. The van der Waals surface area contributed by atoms with Crippen molar-refractivity contribution in [2.45, 2.75) is 25.7 Å². The maximum atomic E-state index is 11.6. The molecule has 0 radical (unpaired) electrons. The highest BCUT2D eigenvalue weighted by molar-refractivity contribution is 7.89. The Bertz CT molecular complexity index is 541. The van der Waals surface area contributed by atoms with Gasteiger partial charge in [0.2, 0.25) is 0 Å². The number of carbonyl (C=O) groups excluding carboxylic acids is 1. The fraction of sp³-hybridized carbons (Fsp3) is 0.462. The SMILES string of the molecule is COC(=O)CCCCCS(=O)(=O)N=Nc1ccccc1. The van der Waals surface area contributed by atoms with E-state index in [0.29, 0.717) is 31.4 Å². The van der Waals surface area contributed by atoms with Gasteiger partial charge in [-0.3, -0.25) is 4.79 Å². The molecule has 1 aromatic carbocycles. The third-order valence-electron chi connectivity index (χ3n) is 2.55. The van der Waals surface area contributed by atoms with Gasteiger partial charge in [-0.1, -0.05) is 29.1 Å². The fourth-order valence-electron chi connectivity index (χ4n) is 1.48. The van der Waals surface area contributed by atoms with Gasteiger partial charge in [-0.25, -0.2) is 8.42 Å². The molecular formula is C13H18N2O4S. The highest BCUT2D eigenvalue weighted by atomic mass is 32.2. The predicted molar refractivity (Wildman–Crippen MR) is 75.2 cm³/mol. The van der Waals surface area contributed by atoms with Gasteiger partial charge in [0.25, 0.3) is 10.0 Å². The molecule has 0 N–H and O–H groups in total. The number of benzene rings is 1. The van der Waals surface area contributed by atoms with E-state index in [1.165, 1.54) is 7.11 Å². The van der Waals surface area contributed by atoms with E-state index in [4.69, 9.17) is 0 Å². The summed E-state index contributed by atoms with van der Waals surface area (Å²) in [6, 6.07) is 8.68. The Kier molecular flexibility index (Phi) is 6.86. The van der Waals surface area contributed by atoms with Crippen LogP contribution in [0.15, 0.2) is 40.0 Å². The van der Waals surface area contributed by atoms with Crippen molar-refractivity contribution in [3.63, 3.8) is 0 Å². The zero-order chi connectivity index (χ0) is 14.8. The number of esters is 1. The van der Waals surface area contributed by atoms with Gasteiger partial charge in [0, 0.05) is 6.42 Å². The lowest BCUT2D eigenvalue weighted by molar-refractivity contribution is -0.140. The smallest absolute Gasteiger partial charge is 0.305 e. The van der Waals surface area contributed by atoms with Gasteiger partial charge >= 0.3 is 5.97 Å². The van der Waals surface area contributed by atoms with E-state index in [0.717, 1.165) is 0 Å². The highest BCUT2D eigenvalue weighted by Crippen LogP contribution is 2.12. The van der Waals surface area contributed by atoms with Crippen LogP contribution >= 0.6 is 0 Å². The van der Waals surface area contributed by atoms with Gasteiger partial charge in [-0.2, -0.15) is 0 Å². The van der Waals surface area contributed by atoms with E-state index in [1.54, 1.807) is 24.3 Å². The van der Waals surface area contributed by atoms with Crippen LogP contribution < -0.4 is 0 Å². The molecule has 7 heteroatoms. The molecule has 0 saturated carbocycles. The molecule has 1 rings (SSSR count). The molecule has 0 saturated heterocycles. The number of hydrogen-bond acceptors (Lipinski definition) is 5. The van der Waals surface area contributed by atoms with E-state index < -0.39 is 10.0 Å². The van der Waals surface area contributed by atoms with E-state index in [-0.39, 0.29) is 11.7 Å². The van der Waals surface area contributed by atoms with Crippen LogP contribution in [0.4, 0.5) is 5.69 Å². The molecule has 0 spiro atoms. The average molecular weight is 298 g/mol. The molecule has 6 nitrogen and oxygen atoms in total. The van der Waals surface area contributed by atoms with Crippen LogP contribution in [0.1, 0.15) is 25.7 Å². The Morgan fingerprint density at radius 2 is 1.85 bits per heavy atom. The lowest BCUT2D eigenvalue weighted by Crippen LogP contribution is -2.03. The molecule has 0 heterocycles. The van der Waals surface area contributed by atoms with Crippen LogP contribution in [-0.2, 0) is 19.6 Å². The summed E-state index contributed by atoms with van der Waals surface area (Å²) in [4.78, 5) is 10.9. The summed E-state index contributed by atoms with van der Waals surface area (Å²) in [6.07, 6.45) is 2.00. The van der Waals surface area contributed by atoms with E-state index in [9.17, 15) is 13.2 Å². The summed E-state index contributed by atoms with van der Waals surface area (Å²) in [5.74, 6) is -0.346.